The Hall–Kier alpha value is -0.120. The van der Waals surface area contributed by atoms with Gasteiger partial charge in [-0.1, -0.05) is 0 Å². The molecule has 1 heterocycles. The Morgan fingerprint density at radius 1 is 1.47 bits per heavy atom. The third-order valence-corrected chi connectivity index (χ3v) is 3.36. The van der Waals surface area contributed by atoms with Crippen LogP contribution < -0.4 is 5.73 Å². The maximum Gasteiger partial charge on any atom is 0.0107 e. The van der Waals surface area contributed by atoms with Crippen molar-refractivity contribution in [2.45, 2.75) is 32.7 Å². The van der Waals surface area contributed by atoms with Crippen LogP contribution in [-0.2, 0) is 0 Å². The number of rotatable bonds is 5. The van der Waals surface area contributed by atoms with Crippen LogP contribution in [0.3, 0.4) is 0 Å². The van der Waals surface area contributed by atoms with Crippen molar-refractivity contribution in [2.24, 2.45) is 11.7 Å². The maximum atomic E-state index is 5.65. The first-order valence-electron chi connectivity index (χ1n) is 6.26. The highest BCUT2D eigenvalue weighted by Gasteiger charge is 2.20. The van der Waals surface area contributed by atoms with Gasteiger partial charge in [-0.3, -0.25) is 4.90 Å². The second kappa shape index (κ2) is 6.46. The molecule has 1 aliphatic rings. The fraction of sp³-hybridized carbons (Fsp3) is 1.00. The quantitative estimate of drug-likeness (QED) is 0.739. The van der Waals surface area contributed by atoms with Crippen LogP contribution in [0.25, 0.3) is 0 Å². The summed E-state index contributed by atoms with van der Waals surface area (Å²) in [4.78, 5) is 4.97. The molecule has 0 unspecified atom stereocenters. The van der Waals surface area contributed by atoms with E-state index >= 15 is 0 Å². The highest BCUT2D eigenvalue weighted by molar-refractivity contribution is 4.75. The molecule has 15 heavy (non-hydrogen) atoms. The fourth-order valence-electron chi connectivity index (χ4n) is 2.48. The lowest BCUT2D eigenvalue weighted by molar-refractivity contribution is 0.134. The molecule has 0 aliphatic carbocycles. The van der Waals surface area contributed by atoms with Gasteiger partial charge in [0, 0.05) is 32.2 Å². The van der Waals surface area contributed by atoms with Crippen LogP contribution in [0.15, 0.2) is 0 Å². The largest absolute Gasteiger partial charge is 0.329 e. The summed E-state index contributed by atoms with van der Waals surface area (Å²) in [5.74, 6) is 0.845. The molecular weight excluding hydrogens is 186 g/mol. The topological polar surface area (TPSA) is 32.5 Å². The maximum absolute atomic E-state index is 5.65. The third-order valence-electron chi connectivity index (χ3n) is 3.36. The van der Waals surface area contributed by atoms with Crippen molar-refractivity contribution >= 4 is 0 Å². The molecule has 3 nitrogen and oxygen atoms in total. The summed E-state index contributed by atoms with van der Waals surface area (Å²) in [6.45, 7) is 10.1. The summed E-state index contributed by atoms with van der Waals surface area (Å²) >= 11 is 0. The Balaban J connectivity index is 2.35. The van der Waals surface area contributed by atoms with Crippen LogP contribution in [0.4, 0.5) is 0 Å². The average Bonchev–Trinajstić information content (AvgIpc) is 2.17. The summed E-state index contributed by atoms with van der Waals surface area (Å²) in [6.07, 6.45) is 2.74. The monoisotopic (exact) mass is 213 g/mol. The Morgan fingerprint density at radius 3 is 2.73 bits per heavy atom. The third kappa shape index (κ3) is 4.49. The standard InChI is InChI=1S/C12H27N3/c1-11(2)15(8-6-13)10-12-5-4-7-14(3)9-12/h11-12H,4-10,13H2,1-3H3/t12-/m1/s1. The molecule has 0 amide bonds. The molecule has 90 valence electrons. The van der Waals surface area contributed by atoms with Gasteiger partial charge in [0.05, 0.1) is 0 Å². The summed E-state index contributed by atoms with van der Waals surface area (Å²) in [7, 11) is 2.23. The summed E-state index contributed by atoms with van der Waals surface area (Å²) in [6, 6.07) is 0.626. The van der Waals surface area contributed by atoms with Crippen LogP contribution in [0.2, 0.25) is 0 Å². The lowest BCUT2D eigenvalue weighted by Gasteiger charge is -2.35. The van der Waals surface area contributed by atoms with Crippen LogP contribution in [0.5, 0.6) is 0 Å². The highest BCUT2D eigenvalue weighted by Crippen LogP contribution is 2.17. The Labute approximate surface area is 94.6 Å². The van der Waals surface area contributed by atoms with E-state index in [-0.39, 0.29) is 0 Å². The molecule has 1 saturated heterocycles. The average molecular weight is 213 g/mol. The normalized spacial score (nSPS) is 24.0. The van der Waals surface area contributed by atoms with Gasteiger partial charge in [0.2, 0.25) is 0 Å². The predicted molar refractivity (Wildman–Crippen MR) is 66.0 cm³/mol. The van der Waals surface area contributed by atoms with Gasteiger partial charge in [-0.05, 0) is 46.2 Å². The molecule has 1 fully saturated rings. The summed E-state index contributed by atoms with van der Waals surface area (Å²) in [5, 5.41) is 0. The van der Waals surface area contributed by atoms with Crippen molar-refractivity contribution < 1.29 is 0 Å². The first-order chi connectivity index (χ1) is 7.13. The minimum Gasteiger partial charge on any atom is -0.329 e. The van der Waals surface area contributed by atoms with E-state index in [9.17, 15) is 0 Å². The molecule has 1 rings (SSSR count). The van der Waals surface area contributed by atoms with E-state index in [0.717, 1.165) is 19.0 Å². The lowest BCUT2D eigenvalue weighted by atomic mass is 9.97. The Morgan fingerprint density at radius 2 is 2.20 bits per heavy atom. The highest BCUT2D eigenvalue weighted by atomic mass is 15.2. The van der Waals surface area contributed by atoms with Crippen LogP contribution in [0.1, 0.15) is 26.7 Å². The number of hydrogen-bond acceptors (Lipinski definition) is 3. The molecule has 1 atom stereocenters. The molecule has 0 aromatic heterocycles. The molecule has 2 N–H and O–H groups in total. The first-order valence-corrected chi connectivity index (χ1v) is 6.26. The summed E-state index contributed by atoms with van der Waals surface area (Å²) in [5.41, 5.74) is 5.65. The van der Waals surface area contributed by atoms with Gasteiger partial charge in [-0.2, -0.15) is 0 Å². The van der Waals surface area contributed by atoms with E-state index in [0.29, 0.717) is 6.04 Å². The van der Waals surface area contributed by atoms with Crippen molar-refractivity contribution in [1.82, 2.24) is 9.80 Å². The second-order valence-electron chi connectivity index (χ2n) is 5.15. The molecule has 1 aliphatic heterocycles. The zero-order valence-corrected chi connectivity index (χ0v) is 10.6. The van der Waals surface area contributed by atoms with Crippen molar-refractivity contribution in [3.05, 3.63) is 0 Å². The predicted octanol–water partition coefficient (Wildman–Crippen LogP) is 0.997. The number of hydrogen-bond donors (Lipinski definition) is 1. The SMILES string of the molecule is CC(C)N(CCN)C[C@@H]1CCCN(C)C1. The van der Waals surface area contributed by atoms with E-state index in [1.54, 1.807) is 0 Å². The smallest absolute Gasteiger partial charge is 0.0107 e. The van der Waals surface area contributed by atoms with Crippen molar-refractivity contribution in [2.75, 3.05) is 39.8 Å². The minimum atomic E-state index is 0.626. The van der Waals surface area contributed by atoms with Gasteiger partial charge in [0.15, 0.2) is 0 Å². The van der Waals surface area contributed by atoms with Crippen molar-refractivity contribution in [1.29, 1.82) is 0 Å². The van der Waals surface area contributed by atoms with Crippen LogP contribution >= 0.6 is 0 Å². The number of nitrogens with two attached hydrogens (primary N) is 1. The molecule has 0 aromatic carbocycles. The van der Waals surface area contributed by atoms with Crippen LogP contribution in [-0.4, -0.2) is 55.6 Å². The van der Waals surface area contributed by atoms with Gasteiger partial charge in [0.25, 0.3) is 0 Å². The summed E-state index contributed by atoms with van der Waals surface area (Å²) < 4.78 is 0. The molecular formula is C12H27N3. The molecule has 0 radical (unpaired) electrons. The fourth-order valence-corrected chi connectivity index (χ4v) is 2.48. The van der Waals surface area contributed by atoms with Gasteiger partial charge >= 0.3 is 0 Å². The molecule has 0 bridgehead atoms. The number of piperidine rings is 1. The molecule has 0 aromatic rings. The van der Waals surface area contributed by atoms with E-state index < -0.39 is 0 Å². The van der Waals surface area contributed by atoms with Gasteiger partial charge in [-0.15, -0.1) is 0 Å². The van der Waals surface area contributed by atoms with Crippen LogP contribution in [0, 0.1) is 5.92 Å². The minimum absolute atomic E-state index is 0.626. The molecule has 3 heteroatoms. The van der Waals surface area contributed by atoms with E-state index in [2.05, 4.69) is 30.7 Å². The zero-order chi connectivity index (χ0) is 11.3. The lowest BCUT2D eigenvalue weighted by Crippen LogP contribution is -2.43. The molecule has 0 saturated carbocycles. The second-order valence-corrected chi connectivity index (χ2v) is 5.15. The van der Waals surface area contributed by atoms with Gasteiger partial charge < -0.3 is 10.6 Å². The Kier molecular flexibility index (Phi) is 5.58. The van der Waals surface area contributed by atoms with Gasteiger partial charge in [0.1, 0.15) is 0 Å². The number of likely N-dealkylation sites (tertiary alicyclic amines) is 1. The molecule has 0 spiro atoms. The van der Waals surface area contributed by atoms with Crippen molar-refractivity contribution in [3.63, 3.8) is 0 Å². The van der Waals surface area contributed by atoms with E-state index in [4.69, 9.17) is 5.73 Å². The van der Waals surface area contributed by atoms with E-state index in [1.807, 2.05) is 0 Å². The van der Waals surface area contributed by atoms with E-state index in [1.165, 1.54) is 32.5 Å². The number of nitrogens with zero attached hydrogens (tertiary/aromatic N) is 2. The van der Waals surface area contributed by atoms with Gasteiger partial charge in [-0.25, -0.2) is 0 Å². The Bertz CT molecular complexity index is 170. The zero-order valence-electron chi connectivity index (χ0n) is 10.6. The van der Waals surface area contributed by atoms with Crippen molar-refractivity contribution in [3.8, 4) is 0 Å². The first kappa shape index (κ1) is 12.9.